The number of benzene rings is 1. The molecule has 0 aliphatic rings. The zero-order chi connectivity index (χ0) is 12.8. The van der Waals surface area contributed by atoms with Gasteiger partial charge in [-0.05, 0) is 18.6 Å². The number of para-hydroxylation sites is 2. The van der Waals surface area contributed by atoms with Crippen molar-refractivity contribution < 1.29 is 9.47 Å². The number of aromatic nitrogens is 1. The van der Waals surface area contributed by atoms with Crippen molar-refractivity contribution in [1.82, 2.24) is 4.98 Å². The van der Waals surface area contributed by atoms with Gasteiger partial charge in [-0.1, -0.05) is 19.1 Å². The second kappa shape index (κ2) is 5.91. The number of nitrogens with zero attached hydrogens (tertiary/aromatic N) is 1. The van der Waals surface area contributed by atoms with Crippen molar-refractivity contribution in [3.05, 3.63) is 42.7 Å². The number of nitrogen functional groups attached to an aromatic ring is 1. The first-order valence-electron chi connectivity index (χ1n) is 5.90. The van der Waals surface area contributed by atoms with Gasteiger partial charge >= 0.3 is 0 Å². The van der Waals surface area contributed by atoms with Gasteiger partial charge in [-0.2, -0.15) is 0 Å². The fraction of sp³-hybridized carbons (Fsp3) is 0.214. The Labute approximate surface area is 106 Å². The number of hydrogen-bond acceptors (Lipinski definition) is 4. The maximum Gasteiger partial charge on any atom is 0.169 e. The zero-order valence-electron chi connectivity index (χ0n) is 10.3. The molecule has 4 nitrogen and oxygen atoms in total. The first-order chi connectivity index (χ1) is 8.81. The number of ether oxygens (including phenoxy) is 2. The Morgan fingerprint density at radius 1 is 1.11 bits per heavy atom. The van der Waals surface area contributed by atoms with Gasteiger partial charge in [0.05, 0.1) is 18.5 Å². The van der Waals surface area contributed by atoms with Gasteiger partial charge < -0.3 is 15.2 Å². The van der Waals surface area contributed by atoms with E-state index in [1.165, 1.54) is 0 Å². The molecule has 0 spiro atoms. The number of hydrogen-bond donors (Lipinski definition) is 1. The average molecular weight is 244 g/mol. The molecule has 0 aliphatic heterocycles. The lowest BCUT2D eigenvalue weighted by Gasteiger charge is -2.12. The Morgan fingerprint density at radius 2 is 1.89 bits per heavy atom. The molecular formula is C14H16N2O2. The first-order valence-corrected chi connectivity index (χ1v) is 5.90. The van der Waals surface area contributed by atoms with Crippen molar-refractivity contribution in [3.8, 4) is 17.2 Å². The van der Waals surface area contributed by atoms with Crippen molar-refractivity contribution in [2.75, 3.05) is 12.3 Å². The monoisotopic (exact) mass is 244 g/mol. The summed E-state index contributed by atoms with van der Waals surface area (Å²) in [6, 6.07) is 9.26. The smallest absolute Gasteiger partial charge is 0.169 e. The van der Waals surface area contributed by atoms with E-state index < -0.39 is 0 Å². The van der Waals surface area contributed by atoms with E-state index in [9.17, 15) is 0 Å². The summed E-state index contributed by atoms with van der Waals surface area (Å²) in [5.74, 6) is 1.96. The molecule has 0 atom stereocenters. The maximum absolute atomic E-state index is 5.79. The van der Waals surface area contributed by atoms with Crippen LogP contribution in [0.15, 0.2) is 42.7 Å². The number of anilines is 1. The van der Waals surface area contributed by atoms with Crippen molar-refractivity contribution in [2.45, 2.75) is 13.3 Å². The summed E-state index contributed by atoms with van der Waals surface area (Å²) < 4.78 is 11.4. The highest BCUT2D eigenvalue weighted by atomic mass is 16.5. The summed E-state index contributed by atoms with van der Waals surface area (Å²) in [6.45, 7) is 2.72. The fourth-order valence-electron chi connectivity index (χ4n) is 1.47. The van der Waals surface area contributed by atoms with Gasteiger partial charge in [0, 0.05) is 12.3 Å². The Bertz CT molecular complexity index is 515. The lowest BCUT2D eigenvalue weighted by molar-refractivity contribution is 0.302. The van der Waals surface area contributed by atoms with Crippen molar-refractivity contribution in [1.29, 1.82) is 0 Å². The van der Waals surface area contributed by atoms with E-state index in [1.54, 1.807) is 18.5 Å². The average Bonchev–Trinajstić information content (AvgIpc) is 2.40. The molecule has 4 heteroatoms. The van der Waals surface area contributed by atoms with E-state index in [0.717, 1.165) is 12.2 Å². The van der Waals surface area contributed by atoms with Crippen LogP contribution in [0.25, 0.3) is 0 Å². The SMILES string of the molecule is CCCOc1ccccc1Oc1ccncc1N. The van der Waals surface area contributed by atoms with Gasteiger partial charge in [0.2, 0.25) is 0 Å². The van der Waals surface area contributed by atoms with E-state index in [0.29, 0.717) is 23.8 Å². The second-order valence-corrected chi connectivity index (χ2v) is 3.81. The van der Waals surface area contributed by atoms with Crippen molar-refractivity contribution >= 4 is 5.69 Å². The molecule has 2 rings (SSSR count). The largest absolute Gasteiger partial charge is 0.490 e. The fourth-order valence-corrected chi connectivity index (χ4v) is 1.47. The highest BCUT2D eigenvalue weighted by Crippen LogP contribution is 2.33. The molecule has 1 aromatic heterocycles. The summed E-state index contributed by atoms with van der Waals surface area (Å²) in [7, 11) is 0. The van der Waals surface area contributed by atoms with E-state index in [-0.39, 0.29) is 0 Å². The van der Waals surface area contributed by atoms with Crippen molar-refractivity contribution in [3.63, 3.8) is 0 Å². The maximum atomic E-state index is 5.79. The number of nitrogens with two attached hydrogens (primary N) is 1. The van der Waals surface area contributed by atoms with E-state index in [1.807, 2.05) is 24.3 Å². The third kappa shape index (κ3) is 2.91. The molecule has 0 unspecified atom stereocenters. The van der Waals surface area contributed by atoms with Gasteiger partial charge in [0.15, 0.2) is 17.2 Å². The molecule has 1 aromatic carbocycles. The Hall–Kier alpha value is -2.23. The topological polar surface area (TPSA) is 57.4 Å². The quantitative estimate of drug-likeness (QED) is 0.877. The Balaban J connectivity index is 2.21. The third-order valence-electron chi connectivity index (χ3n) is 2.34. The van der Waals surface area contributed by atoms with Crippen LogP contribution in [0.4, 0.5) is 5.69 Å². The molecule has 18 heavy (non-hydrogen) atoms. The number of pyridine rings is 1. The molecule has 0 amide bonds. The second-order valence-electron chi connectivity index (χ2n) is 3.81. The van der Waals surface area contributed by atoms with Crippen LogP contribution in [0.5, 0.6) is 17.2 Å². The highest BCUT2D eigenvalue weighted by Gasteiger charge is 2.07. The van der Waals surface area contributed by atoms with Gasteiger partial charge in [0.1, 0.15) is 0 Å². The predicted molar refractivity (Wildman–Crippen MR) is 71.0 cm³/mol. The minimum Gasteiger partial charge on any atom is -0.490 e. The molecule has 0 aliphatic carbocycles. The summed E-state index contributed by atoms with van der Waals surface area (Å²) in [6.07, 6.45) is 4.15. The van der Waals surface area contributed by atoms with Crippen LogP contribution in [0, 0.1) is 0 Å². The molecule has 0 saturated heterocycles. The van der Waals surface area contributed by atoms with Gasteiger partial charge in [-0.3, -0.25) is 4.98 Å². The molecule has 0 saturated carbocycles. The molecule has 0 bridgehead atoms. The van der Waals surface area contributed by atoms with Crippen LogP contribution in [-0.2, 0) is 0 Å². The Morgan fingerprint density at radius 3 is 2.61 bits per heavy atom. The van der Waals surface area contributed by atoms with Gasteiger partial charge in [-0.15, -0.1) is 0 Å². The van der Waals surface area contributed by atoms with Gasteiger partial charge in [-0.25, -0.2) is 0 Å². The summed E-state index contributed by atoms with van der Waals surface area (Å²) in [4.78, 5) is 3.92. The minimum absolute atomic E-state index is 0.503. The number of rotatable bonds is 5. The first kappa shape index (κ1) is 12.2. The van der Waals surface area contributed by atoms with E-state index in [4.69, 9.17) is 15.2 Å². The van der Waals surface area contributed by atoms with Gasteiger partial charge in [0.25, 0.3) is 0 Å². The van der Waals surface area contributed by atoms with E-state index >= 15 is 0 Å². The van der Waals surface area contributed by atoms with Crippen LogP contribution >= 0.6 is 0 Å². The molecule has 94 valence electrons. The lowest BCUT2D eigenvalue weighted by Crippen LogP contribution is -1.98. The molecule has 0 fully saturated rings. The lowest BCUT2D eigenvalue weighted by atomic mass is 10.3. The molecular weight excluding hydrogens is 228 g/mol. The zero-order valence-corrected chi connectivity index (χ0v) is 10.3. The standard InChI is InChI=1S/C14H16N2O2/c1-2-9-17-13-5-3-4-6-14(13)18-12-7-8-16-10-11(12)15/h3-8,10H,2,9,15H2,1H3. The molecule has 2 aromatic rings. The third-order valence-corrected chi connectivity index (χ3v) is 2.34. The van der Waals surface area contributed by atoms with Crippen LogP contribution in [0.3, 0.4) is 0 Å². The summed E-state index contributed by atoms with van der Waals surface area (Å²) >= 11 is 0. The molecule has 0 radical (unpaired) electrons. The summed E-state index contributed by atoms with van der Waals surface area (Å²) in [5.41, 5.74) is 6.29. The van der Waals surface area contributed by atoms with Crippen LogP contribution < -0.4 is 15.2 Å². The Kier molecular flexibility index (Phi) is 4.02. The normalized spacial score (nSPS) is 10.1. The van der Waals surface area contributed by atoms with Crippen LogP contribution in [-0.4, -0.2) is 11.6 Å². The molecule has 2 N–H and O–H groups in total. The van der Waals surface area contributed by atoms with Crippen LogP contribution in [0.2, 0.25) is 0 Å². The molecule has 1 heterocycles. The minimum atomic E-state index is 0.503. The summed E-state index contributed by atoms with van der Waals surface area (Å²) in [5, 5.41) is 0. The predicted octanol–water partition coefficient (Wildman–Crippen LogP) is 3.24. The van der Waals surface area contributed by atoms with Crippen molar-refractivity contribution in [2.24, 2.45) is 0 Å². The highest BCUT2D eigenvalue weighted by molar-refractivity contribution is 5.53. The van der Waals surface area contributed by atoms with Crippen LogP contribution in [0.1, 0.15) is 13.3 Å². The van der Waals surface area contributed by atoms with E-state index in [2.05, 4.69) is 11.9 Å².